The minimum absolute atomic E-state index is 0.468. The first-order valence-corrected chi connectivity index (χ1v) is 6.46. The Labute approximate surface area is 106 Å². The lowest BCUT2D eigenvalue weighted by Crippen LogP contribution is -2.18. The average molecular weight is 231 g/mol. The summed E-state index contributed by atoms with van der Waals surface area (Å²) in [5.74, 6) is 0. The van der Waals surface area contributed by atoms with Crippen molar-refractivity contribution in [1.29, 1.82) is 0 Å². The van der Waals surface area contributed by atoms with Gasteiger partial charge in [-0.15, -0.1) is 6.58 Å². The number of rotatable bonds is 6. The summed E-state index contributed by atoms with van der Waals surface area (Å²) in [6, 6.07) is 5.02. The van der Waals surface area contributed by atoms with E-state index in [9.17, 15) is 0 Å². The first-order valence-electron chi connectivity index (χ1n) is 6.46. The summed E-state index contributed by atoms with van der Waals surface area (Å²) in [4.78, 5) is 0. The summed E-state index contributed by atoms with van der Waals surface area (Å²) in [5.41, 5.74) is 5.63. The van der Waals surface area contributed by atoms with E-state index in [0.29, 0.717) is 6.04 Å². The van der Waals surface area contributed by atoms with E-state index in [2.05, 4.69) is 51.8 Å². The molecule has 0 saturated heterocycles. The zero-order valence-corrected chi connectivity index (χ0v) is 11.6. The number of nitrogens with one attached hydrogen (secondary N) is 1. The lowest BCUT2D eigenvalue weighted by atomic mass is 9.91. The van der Waals surface area contributed by atoms with Crippen LogP contribution in [-0.2, 0) is 0 Å². The number of benzene rings is 1. The SMILES string of the molecule is C=CCCCC(NC)c1c(C)cc(C)cc1C. The molecule has 1 nitrogen and oxygen atoms in total. The van der Waals surface area contributed by atoms with Gasteiger partial charge in [0.15, 0.2) is 0 Å². The predicted octanol–water partition coefficient (Wildman–Crippen LogP) is 4.23. The van der Waals surface area contributed by atoms with Crippen LogP contribution in [-0.4, -0.2) is 7.05 Å². The molecule has 1 aromatic carbocycles. The molecule has 0 heterocycles. The third-order valence-electron chi connectivity index (χ3n) is 3.34. The molecule has 0 amide bonds. The molecule has 94 valence electrons. The van der Waals surface area contributed by atoms with Crippen LogP contribution in [0.2, 0.25) is 0 Å². The zero-order chi connectivity index (χ0) is 12.8. The number of unbranched alkanes of at least 4 members (excludes halogenated alkanes) is 1. The molecule has 0 fully saturated rings. The minimum Gasteiger partial charge on any atom is -0.313 e. The van der Waals surface area contributed by atoms with Crippen LogP contribution >= 0.6 is 0 Å². The largest absolute Gasteiger partial charge is 0.313 e. The van der Waals surface area contributed by atoms with Gasteiger partial charge in [-0.1, -0.05) is 23.8 Å². The van der Waals surface area contributed by atoms with Gasteiger partial charge in [0, 0.05) is 6.04 Å². The summed E-state index contributed by atoms with van der Waals surface area (Å²) < 4.78 is 0. The number of allylic oxidation sites excluding steroid dienone is 1. The minimum atomic E-state index is 0.468. The Bertz CT molecular complexity index is 356. The monoisotopic (exact) mass is 231 g/mol. The van der Waals surface area contributed by atoms with Crippen LogP contribution in [0.3, 0.4) is 0 Å². The molecule has 0 bridgehead atoms. The Kier molecular flexibility index (Phi) is 5.43. The predicted molar refractivity (Wildman–Crippen MR) is 76.5 cm³/mol. The lowest BCUT2D eigenvalue weighted by molar-refractivity contribution is 0.525. The van der Waals surface area contributed by atoms with Gasteiger partial charge in [-0.3, -0.25) is 0 Å². The van der Waals surface area contributed by atoms with Crippen molar-refractivity contribution in [2.75, 3.05) is 7.05 Å². The maximum absolute atomic E-state index is 3.78. The van der Waals surface area contributed by atoms with E-state index < -0.39 is 0 Å². The Morgan fingerprint density at radius 3 is 2.29 bits per heavy atom. The molecule has 0 saturated carbocycles. The van der Waals surface area contributed by atoms with Crippen molar-refractivity contribution in [3.63, 3.8) is 0 Å². The van der Waals surface area contributed by atoms with Crippen LogP contribution in [0.1, 0.15) is 47.6 Å². The number of hydrogen-bond donors (Lipinski definition) is 1. The fourth-order valence-electron chi connectivity index (χ4n) is 2.64. The van der Waals surface area contributed by atoms with E-state index in [-0.39, 0.29) is 0 Å². The Morgan fingerprint density at radius 2 is 1.82 bits per heavy atom. The highest BCUT2D eigenvalue weighted by atomic mass is 14.9. The maximum atomic E-state index is 3.78. The second kappa shape index (κ2) is 6.61. The van der Waals surface area contributed by atoms with Crippen LogP contribution < -0.4 is 5.32 Å². The molecule has 0 aliphatic heterocycles. The average Bonchev–Trinajstić information content (AvgIpc) is 2.25. The molecule has 1 N–H and O–H groups in total. The van der Waals surface area contributed by atoms with Gasteiger partial charge in [0.25, 0.3) is 0 Å². The zero-order valence-electron chi connectivity index (χ0n) is 11.6. The Morgan fingerprint density at radius 1 is 1.24 bits per heavy atom. The molecule has 1 aromatic rings. The summed E-state index contributed by atoms with van der Waals surface area (Å²) in [6.07, 6.45) is 5.47. The van der Waals surface area contributed by atoms with Crippen molar-refractivity contribution >= 4 is 0 Å². The van der Waals surface area contributed by atoms with E-state index in [0.717, 1.165) is 6.42 Å². The van der Waals surface area contributed by atoms with Crippen molar-refractivity contribution < 1.29 is 0 Å². The fraction of sp³-hybridized carbons (Fsp3) is 0.500. The van der Waals surface area contributed by atoms with E-state index in [1.165, 1.54) is 35.1 Å². The molecule has 1 heteroatoms. The van der Waals surface area contributed by atoms with E-state index in [1.807, 2.05) is 6.08 Å². The summed E-state index contributed by atoms with van der Waals surface area (Å²) >= 11 is 0. The number of aryl methyl sites for hydroxylation is 3. The van der Waals surface area contributed by atoms with Crippen molar-refractivity contribution in [2.45, 2.75) is 46.1 Å². The molecular weight excluding hydrogens is 206 g/mol. The molecule has 0 radical (unpaired) electrons. The topological polar surface area (TPSA) is 12.0 Å². The summed E-state index contributed by atoms with van der Waals surface area (Å²) in [7, 11) is 2.05. The second-order valence-electron chi connectivity index (χ2n) is 4.87. The molecule has 0 aromatic heterocycles. The van der Waals surface area contributed by atoms with Gasteiger partial charge < -0.3 is 5.32 Å². The first kappa shape index (κ1) is 14.0. The highest BCUT2D eigenvalue weighted by Gasteiger charge is 2.14. The lowest BCUT2D eigenvalue weighted by Gasteiger charge is -2.21. The van der Waals surface area contributed by atoms with Gasteiger partial charge >= 0.3 is 0 Å². The summed E-state index contributed by atoms with van der Waals surface area (Å²) in [5, 5.41) is 3.44. The van der Waals surface area contributed by atoms with Crippen molar-refractivity contribution in [2.24, 2.45) is 0 Å². The molecule has 0 spiro atoms. The third kappa shape index (κ3) is 3.71. The Hall–Kier alpha value is -1.08. The molecule has 0 aliphatic rings. The van der Waals surface area contributed by atoms with Gasteiger partial charge in [0.1, 0.15) is 0 Å². The maximum Gasteiger partial charge on any atom is 0.0322 e. The smallest absolute Gasteiger partial charge is 0.0322 e. The highest BCUT2D eigenvalue weighted by molar-refractivity contribution is 5.39. The number of hydrogen-bond acceptors (Lipinski definition) is 1. The fourth-order valence-corrected chi connectivity index (χ4v) is 2.64. The second-order valence-corrected chi connectivity index (χ2v) is 4.87. The van der Waals surface area contributed by atoms with Gasteiger partial charge in [0.2, 0.25) is 0 Å². The van der Waals surface area contributed by atoms with Crippen LogP contribution in [0, 0.1) is 20.8 Å². The van der Waals surface area contributed by atoms with Gasteiger partial charge in [0.05, 0.1) is 0 Å². The molecule has 17 heavy (non-hydrogen) atoms. The van der Waals surface area contributed by atoms with Crippen molar-refractivity contribution in [3.05, 3.63) is 47.0 Å². The third-order valence-corrected chi connectivity index (χ3v) is 3.34. The van der Waals surface area contributed by atoms with E-state index in [1.54, 1.807) is 0 Å². The van der Waals surface area contributed by atoms with E-state index in [4.69, 9.17) is 0 Å². The van der Waals surface area contributed by atoms with Gasteiger partial charge in [-0.25, -0.2) is 0 Å². The standard InChI is InChI=1S/C16H25N/c1-6-7-8-9-15(17-5)16-13(3)10-12(2)11-14(16)4/h6,10-11,15,17H,1,7-9H2,2-5H3. The van der Waals surface area contributed by atoms with Crippen molar-refractivity contribution in [1.82, 2.24) is 5.32 Å². The van der Waals surface area contributed by atoms with Crippen LogP contribution in [0.25, 0.3) is 0 Å². The molecule has 1 atom stereocenters. The van der Waals surface area contributed by atoms with E-state index >= 15 is 0 Å². The Balaban J connectivity index is 2.91. The van der Waals surface area contributed by atoms with Crippen LogP contribution in [0.4, 0.5) is 0 Å². The van der Waals surface area contributed by atoms with Crippen molar-refractivity contribution in [3.8, 4) is 0 Å². The van der Waals surface area contributed by atoms with Gasteiger partial charge in [-0.2, -0.15) is 0 Å². The molecule has 0 aliphatic carbocycles. The van der Waals surface area contributed by atoms with Crippen LogP contribution in [0.5, 0.6) is 0 Å². The molecular formula is C16H25N. The summed E-state index contributed by atoms with van der Waals surface area (Å²) in [6.45, 7) is 10.4. The quantitative estimate of drug-likeness (QED) is 0.570. The van der Waals surface area contributed by atoms with Crippen LogP contribution in [0.15, 0.2) is 24.8 Å². The first-order chi connectivity index (χ1) is 8.10. The molecule has 1 unspecified atom stereocenters. The normalized spacial score (nSPS) is 12.5. The highest BCUT2D eigenvalue weighted by Crippen LogP contribution is 2.27. The molecule has 1 rings (SSSR count). The van der Waals surface area contributed by atoms with Gasteiger partial charge in [-0.05, 0) is 63.8 Å².